The second kappa shape index (κ2) is 7.72. The van der Waals surface area contributed by atoms with Crippen molar-refractivity contribution in [3.63, 3.8) is 0 Å². The number of rotatable bonds is 5. The number of carbonyl (C=O) groups excluding carboxylic acids is 1. The minimum Gasteiger partial charge on any atom is -0.376 e. The lowest BCUT2D eigenvalue weighted by atomic mass is 10.2. The molecule has 2 N–H and O–H groups in total. The van der Waals surface area contributed by atoms with Crippen LogP contribution in [0.1, 0.15) is 5.56 Å². The van der Waals surface area contributed by atoms with Gasteiger partial charge in [-0.05, 0) is 64.6 Å². The molecule has 0 saturated carbocycles. The number of amides is 1. The number of halogens is 2. The van der Waals surface area contributed by atoms with Crippen LogP contribution in [0.5, 0.6) is 0 Å². The normalized spacial score (nSPS) is 10.6. The van der Waals surface area contributed by atoms with Gasteiger partial charge in [-0.2, -0.15) is 5.10 Å². The van der Waals surface area contributed by atoms with Gasteiger partial charge in [0.15, 0.2) is 0 Å². The Morgan fingerprint density at radius 3 is 2.71 bits per heavy atom. The first-order valence-electron chi connectivity index (χ1n) is 6.20. The van der Waals surface area contributed by atoms with Gasteiger partial charge in [-0.15, -0.1) is 0 Å². The number of hydrogen-bond donors (Lipinski definition) is 2. The van der Waals surface area contributed by atoms with Crippen LogP contribution in [0.4, 0.5) is 10.1 Å². The van der Waals surface area contributed by atoms with Crippen molar-refractivity contribution >= 4 is 40.4 Å². The number of hydrazone groups is 1. The van der Waals surface area contributed by atoms with Gasteiger partial charge < -0.3 is 5.32 Å². The predicted octanol–water partition coefficient (Wildman–Crippen LogP) is 2.99. The summed E-state index contributed by atoms with van der Waals surface area (Å²) in [5.74, 6) is -0.590. The zero-order valence-electron chi connectivity index (χ0n) is 11.0. The topological polar surface area (TPSA) is 53.5 Å². The Morgan fingerprint density at radius 1 is 1.24 bits per heavy atom. The molecule has 0 bridgehead atoms. The number of benzene rings is 2. The first-order chi connectivity index (χ1) is 10.1. The molecule has 0 atom stereocenters. The third-order valence-corrected chi connectivity index (χ3v) is 3.22. The van der Waals surface area contributed by atoms with Crippen LogP contribution in [0.15, 0.2) is 53.6 Å². The molecule has 0 radical (unpaired) electrons. The van der Waals surface area contributed by atoms with Gasteiger partial charge in [0.05, 0.1) is 12.8 Å². The Labute approximate surface area is 135 Å². The highest BCUT2D eigenvalue weighted by Crippen LogP contribution is 2.07. The maximum absolute atomic E-state index is 12.7. The van der Waals surface area contributed by atoms with E-state index in [0.717, 1.165) is 9.13 Å². The van der Waals surface area contributed by atoms with E-state index in [1.807, 2.05) is 24.3 Å². The Balaban J connectivity index is 1.78. The molecule has 0 heterocycles. The number of hydrogen-bond acceptors (Lipinski definition) is 3. The molecule has 2 rings (SSSR count). The van der Waals surface area contributed by atoms with Crippen molar-refractivity contribution in [1.29, 1.82) is 0 Å². The maximum Gasteiger partial charge on any atom is 0.259 e. The molecular weight excluding hydrogens is 384 g/mol. The highest BCUT2D eigenvalue weighted by Gasteiger charge is 1.99. The average Bonchev–Trinajstić information content (AvgIpc) is 2.47. The molecule has 0 aliphatic carbocycles. The molecular formula is C15H13FIN3O. The highest BCUT2D eigenvalue weighted by molar-refractivity contribution is 14.1. The molecule has 2 aromatic rings. The monoisotopic (exact) mass is 397 g/mol. The summed E-state index contributed by atoms with van der Waals surface area (Å²) in [5, 5.41) is 6.76. The highest BCUT2D eigenvalue weighted by atomic mass is 127. The van der Waals surface area contributed by atoms with E-state index in [1.54, 1.807) is 18.3 Å². The molecule has 0 aliphatic heterocycles. The Kier molecular flexibility index (Phi) is 5.68. The molecule has 0 aliphatic rings. The quantitative estimate of drug-likeness (QED) is 0.463. The van der Waals surface area contributed by atoms with Gasteiger partial charge >= 0.3 is 0 Å². The molecule has 0 aromatic heterocycles. The fraction of sp³-hybridized carbons (Fsp3) is 0.0667. The van der Waals surface area contributed by atoms with Gasteiger partial charge in [0.2, 0.25) is 0 Å². The third-order valence-electron chi connectivity index (χ3n) is 2.55. The van der Waals surface area contributed by atoms with Gasteiger partial charge in [-0.3, -0.25) is 4.79 Å². The van der Waals surface area contributed by atoms with Crippen LogP contribution in [0, 0.1) is 9.39 Å². The fourth-order valence-corrected chi connectivity index (χ4v) is 2.12. The third kappa shape index (κ3) is 5.50. The van der Waals surface area contributed by atoms with E-state index in [-0.39, 0.29) is 18.3 Å². The van der Waals surface area contributed by atoms with E-state index < -0.39 is 0 Å². The second-order valence-electron chi connectivity index (χ2n) is 4.21. The van der Waals surface area contributed by atoms with Crippen molar-refractivity contribution in [2.45, 2.75) is 0 Å². The lowest BCUT2D eigenvalue weighted by molar-refractivity contribution is -0.119. The Morgan fingerprint density at radius 2 is 2.00 bits per heavy atom. The van der Waals surface area contributed by atoms with E-state index in [1.165, 1.54) is 12.1 Å². The summed E-state index contributed by atoms with van der Waals surface area (Å²) < 4.78 is 13.8. The van der Waals surface area contributed by atoms with Crippen LogP contribution in [0.25, 0.3) is 0 Å². The van der Waals surface area contributed by atoms with Crippen LogP contribution in [0.2, 0.25) is 0 Å². The zero-order valence-corrected chi connectivity index (χ0v) is 13.2. The first-order valence-corrected chi connectivity index (χ1v) is 7.28. The number of nitrogens with one attached hydrogen (secondary N) is 2. The van der Waals surface area contributed by atoms with Gasteiger partial charge in [-0.25, -0.2) is 9.82 Å². The molecule has 0 saturated heterocycles. The predicted molar refractivity (Wildman–Crippen MR) is 89.8 cm³/mol. The Hall–Kier alpha value is -1.96. The Bertz CT molecular complexity index is 644. The second-order valence-corrected chi connectivity index (χ2v) is 5.45. The van der Waals surface area contributed by atoms with Crippen LogP contribution in [-0.2, 0) is 4.79 Å². The molecule has 21 heavy (non-hydrogen) atoms. The van der Waals surface area contributed by atoms with E-state index in [0.29, 0.717) is 5.69 Å². The van der Waals surface area contributed by atoms with E-state index >= 15 is 0 Å². The summed E-state index contributed by atoms with van der Waals surface area (Å²) in [7, 11) is 0. The van der Waals surface area contributed by atoms with E-state index in [2.05, 4.69) is 38.4 Å². The van der Waals surface area contributed by atoms with Crippen LogP contribution < -0.4 is 10.7 Å². The molecule has 2 aromatic carbocycles. The lowest BCUT2D eigenvalue weighted by Crippen LogP contribution is -2.25. The van der Waals surface area contributed by atoms with Crippen molar-refractivity contribution in [3.8, 4) is 0 Å². The fourth-order valence-electron chi connectivity index (χ4n) is 1.56. The van der Waals surface area contributed by atoms with Crippen LogP contribution >= 0.6 is 22.6 Å². The van der Waals surface area contributed by atoms with Crippen LogP contribution in [-0.4, -0.2) is 18.7 Å². The SMILES string of the molecule is O=C(CNc1ccc(F)cc1)N/N=C\c1cccc(I)c1. The number of anilines is 1. The molecule has 6 heteroatoms. The minimum atomic E-state index is -0.313. The van der Waals surface area contributed by atoms with Gasteiger partial charge in [0.25, 0.3) is 5.91 Å². The van der Waals surface area contributed by atoms with Crippen molar-refractivity contribution in [3.05, 3.63) is 63.5 Å². The summed E-state index contributed by atoms with van der Waals surface area (Å²) >= 11 is 2.21. The molecule has 1 amide bonds. The summed E-state index contributed by atoms with van der Waals surface area (Å²) in [6, 6.07) is 13.5. The van der Waals surface area contributed by atoms with Gasteiger partial charge in [0, 0.05) is 9.26 Å². The standard InChI is InChI=1S/C15H13FIN3O/c16-12-4-6-14(7-5-12)18-10-15(21)20-19-9-11-2-1-3-13(17)8-11/h1-9,18H,10H2,(H,20,21)/b19-9-. The largest absolute Gasteiger partial charge is 0.376 e. The molecule has 108 valence electrons. The van der Waals surface area contributed by atoms with Crippen LogP contribution in [0.3, 0.4) is 0 Å². The van der Waals surface area contributed by atoms with Crippen molar-refractivity contribution in [1.82, 2.24) is 5.43 Å². The summed E-state index contributed by atoms with van der Waals surface area (Å²) in [6.45, 7) is 0.0648. The number of carbonyl (C=O) groups is 1. The van der Waals surface area contributed by atoms with E-state index in [4.69, 9.17) is 0 Å². The van der Waals surface area contributed by atoms with Crippen molar-refractivity contribution in [2.24, 2.45) is 5.10 Å². The maximum atomic E-state index is 12.7. The molecule has 0 unspecified atom stereocenters. The zero-order chi connectivity index (χ0) is 15.1. The lowest BCUT2D eigenvalue weighted by Gasteiger charge is -2.04. The molecule has 0 fully saturated rings. The summed E-state index contributed by atoms with van der Waals surface area (Å²) in [4.78, 5) is 11.6. The first kappa shape index (κ1) is 15.4. The molecule has 0 spiro atoms. The van der Waals surface area contributed by atoms with Crippen molar-refractivity contribution < 1.29 is 9.18 Å². The average molecular weight is 397 g/mol. The smallest absolute Gasteiger partial charge is 0.259 e. The molecule has 4 nitrogen and oxygen atoms in total. The minimum absolute atomic E-state index is 0.0648. The van der Waals surface area contributed by atoms with E-state index in [9.17, 15) is 9.18 Å². The summed E-state index contributed by atoms with van der Waals surface area (Å²) in [5.41, 5.74) is 4.01. The van der Waals surface area contributed by atoms with Crippen molar-refractivity contribution in [2.75, 3.05) is 11.9 Å². The summed E-state index contributed by atoms with van der Waals surface area (Å²) in [6.07, 6.45) is 1.58. The van der Waals surface area contributed by atoms with Gasteiger partial charge in [0.1, 0.15) is 5.82 Å². The number of nitrogens with zero attached hydrogens (tertiary/aromatic N) is 1. The van der Waals surface area contributed by atoms with Gasteiger partial charge in [-0.1, -0.05) is 12.1 Å².